The molecule has 1 unspecified atom stereocenters. The van der Waals surface area contributed by atoms with Crippen LogP contribution in [-0.4, -0.2) is 46.5 Å². The van der Waals surface area contributed by atoms with Crippen LogP contribution in [-0.2, 0) is 6.18 Å². The summed E-state index contributed by atoms with van der Waals surface area (Å²) in [5, 5.41) is 9.04. The van der Waals surface area contributed by atoms with E-state index in [2.05, 4.69) is 15.5 Å². The van der Waals surface area contributed by atoms with Gasteiger partial charge in [0.25, 0.3) is 11.8 Å². The van der Waals surface area contributed by atoms with E-state index in [9.17, 15) is 22.8 Å². The molecular weight excluding hydrogens is 361 g/mol. The topological polar surface area (TPSA) is 78.1 Å². The van der Waals surface area contributed by atoms with Crippen molar-refractivity contribution in [1.82, 2.24) is 20.4 Å². The zero-order valence-electron chi connectivity index (χ0n) is 14.4. The number of carbonyl (C=O) groups is 2. The van der Waals surface area contributed by atoms with Crippen molar-refractivity contribution in [2.75, 3.05) is 19.6 Å². The van der Waals surface area contributed by atoms with E-state index in [-0.39, 0.29) is 17.4 Å². The minimum atomic E-state index is -4.49. The van der Waals surface area contributed by atoms with Crippen LogP contribution in [0.4, 0.5) is 13.2 Å². The van der Waals surface area contributed by atoms with Gasteiger partial charge in [0.1, 0.15) is 0 Å². The minimum absolute atomic E-state index is 0.0352. The van der Waals surface area contributed by atoms with E-state index < -0.39 is 17.6 Å². The molecule has 1 aromatic heterocycles. The van der Waals surface area contributed by atoms with Crippen LogP contribution in [0.1, 0.15) is 39.1 Å². The Morgan fingerprint density at radius 1 is 1.30 bits per heavy atom. The molecule has 2 amide bonds. The van der Waals surface area contributed by atoms with Crippen LogP contribution in [0.2, 0.25) is 0 Å². The van der Waals surface area contributed by atoms with Crippen LogP contribution in [0, 0.1) is 5.92 Å². The summed E-state index contributed by atoms with van der Waals surface area (Å²) >= 11 is 0. The molecule has 1 saturated heterocycles. The summed E-state index contributed by atoms with van der Waals surface area (Å²) < 4.78 is 38.3. The van der Waals surface area contributed by atoms with Gasteiger partial charge in [0.05, 0.1) is 17.3 Å². The Kier molecular flexibility index (Phi) is 5.48. The maximum absolute atomic E-state index is 12.8. The molecule has 1 atom stereocenters. The standard InChI is InChI=1S/C18H19F3N4O2/c19-18(20,21)15-5-1-4-13(7-15)16(26)22-8-12-3-2-6-25(11-12)17(27)14-9-23-24-10-14/h1,4-5,7,9-10,12H,2-3,6,8,11H2,(H,22,26)(H,23,24). The number of H-pyrrole nitrogens is 1. The molecule has 144 valence electrons. The average Bonchev–Trinajstić information content (AvgIpc) is 3.20. The second-order valence-corrected chi connectivity index (χ2v) is 6.53. The highest BCUT2D eigenvalue weighted by atomic mass is 19.4. The van der Waals surface area contributed by atoms with Gasteiger partial charge in [-0.1, -0.05) is 6.07 Å². The number of halogens is 3. The largest absolute Gasteiger partial charge is 0.416 e. The lowest BCUT2D eigenvalue weighted by atomic mass is 9.97. The number of nitrogens with zero attached hydrogens (tertiary/aromatic N) is 2. The molecule has 0 bridgehead atoms. The molecule has 0 spiro atoms. The van der Waals surface area contributed by atoms with Crippen molar-refractivity contribution in [3.63, 3.8) is 0 Å². The summed E-state index contributed by atoms with van der Waals surface area (Å²) in [6, 6.07) is 4.33. The van der Waals surface area contributed by atoms with Crippen molar-refractivity contribution in [1.29, 1.82) is 0 Å². The maximum atomic E-state index is 12.8. The second-order valence-electron chi connectivity index (χ2n) is 6.53. The van der Waals surface area contributed by atoms with Crippen molar-refractivity contribution >= 4 is 11.8 Å². The van der Waals surface area contributed by atoms with Crippen LogP contribution in [0.15, 0.2) is 36.7 Å². The average molecular weight is 380 g/mol. The molecule has 0 saturated carbocycles. The molecule has 0 aliphatic carbocycles. The number of rotatable bonds is 4. The lowest BCUT2D eigenvalue weighted by molar-refractivity contribution is -0.137. The molecule has 1 aromatic carbocycles. The maximum Gasteiger partial charge on any atom is 0.416 e. The zero-order chi connectivity index (χ0) is 19.4. The molecular formula is C18H19F3N4O2. The van der Waals surface area contributed by atoms with Gasteiger partial charge in [-0.05, 0) is 37.0 Å². The summed E-state index contributed by atoms with van der Waals surface area (Å²) in [6.07, 6.45) is 0.127. The van der Waals surface area contributed by atoms with E-state index in [1.165, 1.54) is 24.5 Å². The molecule has 3 rings (SSSR count). The van der Waals surface area contributed by atoms with Crippen LogP contribution < -0.4 is 5.32 Å². The van der Waals surface area contributed by atoms with Crippen molar-refractivity contribution in [3.05, 3.63) is 53.3 Å². The molecule has 9 heteroatoms. The molecule has 1 fully saturated rings. The highest BCUT2D eigenvalue weighted by Gasteiger charge is 2.31. The number of benzene rings is 1. The number of aromatic amines is 1. The van der Waals surface area contributed by atoms with E-state index in [0.717, 1.165) is 25.0 Å². The number of nitrogens with one attached hydrogen (secondary N) is 2. The van der Waals surface area contributed by atoms with Gasteiger partial charge in [-0.15, -0.1) is 0 Å². The smallest absolute Gasteiger partial charge is 0.352 e. The van der Waals surface area contributed by atoms with Crippen LogP contribution in [0.25, 0.3) is 0 Å². The number of piperidine rings is 1. The highest BCUT2D eigenvalue weighted by molar-refractivity contribution is 5.94. The first-order valence-corrected chi connectivity index (χ1v) is 8.58. The van der Waals surface area contributed by atoms with Crippen molar-refractivity contribution in [3.8, 4) is 0 Å². The first kappa shape index (κ1) is 18.9. The monoisotopic (exact) mass is 380 g/mol. The third kappa shape index (κ3) is 4.66. The molecule has 1 aliphatic rings. The first-order chi connectivity index (χ1) is 12.8. The fourth-order valence-corrected chi connectivity index (χ4v) is 3.14. The zero-order valence-corrected chi connectivity index (χ0v) is 14.4. The van der Waals surface area contributed by atoms with Gasteiger partial charge in [0.2, 0.25) is 0 Å². The Morgan fingerprint density at radius 2 is 2.11 bits per heavy atom. The van der Waals surface area contributed by atoms with E-state index in [0.29, 0.717) is 25.2 Å². The lowest BCUT2D eigenvalue weighted by Crippen LogP contribution is -2.43. The van der Waals surface area contributed by atoms with Crippen LogP contribution >= 0.6 is 0 Å². The van der Waals surface area contributed by atoms with Gasteiger partial charge >= 0.3 is 6.18 Å². The second kappa shape index (κ2) is 7.81. The van der Waals surface area contributed by atoms with Gasteiger partial charge < -0.3 is 10.2 Å². The summed E-state index contributed by atoms with van der Waals surface area (Å²) in [7, 11) is 0. The molecule has 2 N–H and O–H groups in total. The van der Waals surface area contributed by atoms with Crippen molar-refractivity contribution < 1.29 is 22.8 Å². The van der Waals surface area contributed by atoms with Gasteiger partial charge in [0, 0.05) is 31.4 Å². The predicted molar refractivity (Wildman–Crippen MR) is 91.0 cm³/mol. The Balaban J connectivity index is 1.56. The summed E-state index contributed by atoms with van der Waals surface area (Å²) in [5.74, 6) is -0.638. The van der Waals surface area contributed by atoms with E-state index >= 15 is 0 Å². The Labute approximate surface area is 153 Å². The van der Waals surface area contributed by atoms with E-state index in [1.54, 1.807) is 4.90 Å². The number of carbonyl (C=O) groups excluding carboxylic acids is 2. The highest BCUT2D eigenvalue weighted by Crippen LogP contribution is 2.29. The number of hydrogen-bond acceptors (Lipinski definition) is 3. The third-order valence-electron chi connectivity index (χ3n) is 4.55. The molecule has 1 aliphatic heterocycles. The summed E-state index contributed by atoms with van der Waals surface area (Å²) in [5.41, 5.74) is -0.416. The SMILES string of the molecule is O=C(NCC1CCCN(C(=O)c2cn[nH]c2)C1)c1cccc(C(F)(F)F)c1. The van der Waals surface area contributed by atoms with E-state index in [4.69, 9.17) is 0 Å². The third-order valence-corrected chi connectivity index (χ3v) is 4.55. The number of aromatic nitrogens is 2. The van der Waals surface area contributed by atoms with E-state index in [1.807, 2.05) is 0 Å². The predicted octanol–water partition coefficient (Wildman–Crippen LogP) is 2.71. The van der Waals surface area contributed by atoms with Gasteiger partial charge in [-0.2, -0.15) is 18.3 Å². The van der Waals surface area contributed by atoms with Gasteiger partial charge in [-0.3, -0.25) is 14.7 Å². The Morgan fingerprint density at radius 3 is 2.81 bits per heavy atom. The van der Waals surface area contributed by atoms with Gasteiger partial charge in [-0.25, -0.2) is 0 Å². The molecule has 6 nitrogen and oxygen atoms in total. The summed E-state index contributed by atoms with van der Waals surface area (Å²) in [4.78, 5) is 26.3. The molecule has 0 radical (unpaired) electrons. The number of likely N-dealkylation sites (tertiary alicyclic amines) is 1. The fraction of sp³-hybridized carbons (Fsp3) is 0.389. The van der Waals surface area contributed by atoms with Crippen LogP contribution in [0.5, 0.6) is 0 Å². The van der Waals surface area contributed by atoms with Crippen LogP contribution in [0.3, 0.4) is 0 Å². The summed E-state index contributed by atoms with van der Waals surface area (Å²) in [6.45, 7) is 1.40. The number of hydrogen-bond donors (Lipinski definition) is 2. The van der Waals surface area contributed by atoms with Crippen molar-refractivity contribution in [2.24, 2.45) is 5.92 Å². The number of amides is 2. The van der Waals surface area contributed by atoms with Gasteiger partial charge in [0.15, 0.2) is 0 Å². The minimum Gasteiger partial charge on any atom is -0.352 e. The Bertz CT molecular complexity index is 805. The number of alkyl halides is 3. The molecule has 27 heavy (non-hydrogen) atoms. The van der Waals surface area contributed by atoms with Crippen molar-refractivity contribution in [2.45, 2.75) is 19.0 Å². The fourth-order valence-electron chi connectivity index (χ4n) is 3.14. The first-order valence-electron chi connectivity index (χ1n) is 8.58. The lowest BCUT2D eigenvalue weighted by Gasteiger charge is -2.32. The quantitative estimate of drug-likeness (QED) is 0.856. The Hall–Kier alpha value is -2.84. The normalized spacial score (nSPS) is 17.6. The molecule has 2 heterocycles. The molecule has 2 aromatic rings.